The molecule has 1 amide bonds. The van der Waals surface area contributed by atoms with E-state index in [9.17, 15) is 4.79 Å². The molecule has 5 rings (SSSR count). The molecule has 3 aromatic rings. The number of allylic oxidation sites excluding steroid dienone is 4. The summed E-state index contributed by atoms with van der Waals surface area (Å²) in [5.41, 5.74) is 2.63. The number of aromatic nitrogens is 3. The molecule has 33 heavy (non-hydrogen) atoms. The number of rotatable bonds is 6. The Labute approximate surface area is 197 Å². The minimum atomic E-state index is -0.0750. The van der Waals surface area contributed by atoms with Crippen LogP contribution >= 0.6 is 11.3 Å². The average molecular weight is 461 g/mol. The molecule has 0 saturated heterocycles. The molecule has 8 heteroatoms. The Morgan fingerprint density at radius 2 is 1.85 bits per heavy atom. The third kappa shape index (κ3) is 4.75. The van der Waals surface area contributed by atoms with Gasteiger partial charge in [0.15, 0.2) is 0 Å². The van der Waals surface area contributed by atoms with Gasteiger partial charge in [-0.3, -0.25) is 4.79 Å². The summed E-state index contributed by atoms with van der Waals surface area (Å²) in [5.74, 6) is 1.50. The molecule has 2 aliphatic carbocycles. The van der Waals surface area contributed by atoms with Crippen molar-refractivity contribution in [2.45, 2.75) is 44.2 Å². The molecule has 7 nitrogen and oxygen atoms in total. The summed E-state index contributed by atoms with van der Waals surface area (Å²) in [5, 5.41) is 10.5. The second kappa shape index (κ2) is 9.31. The van der Waals surface area contributed by atoms with Gasteiger partial charge in [-0.05, 0) is 49.8 Å². The highest BCUT2D eigenvalue weighted by molar-refractivity contribution is 7.11. The van der Waals surface area contributed by atoms with Crippen molar-refractivity contribution in [3.8, 4) is 0 Å². The molecule has 0 spiro atoms. The molecule has 0 bridgehead atoms. The maximum Gasteiger partial charge on any atom is 0.270 e. The van der Waals surface area contributed by atoms with Gasteiger partial charge in [0.25, 0.3) is 5.91 Å². The molecule has 1 saturated carbocycles. The summed E-state index contributed by atoms with van der Waals surface area (Å²) < 4.78 is 0. The molecule has 2 aliphatic rings. The Balaban J connectivity index is 1.17. The largest absolute Gasteiger partial charge is 0.362 e. The van der Waals surface area contributed by atoms with Crippen LogP contribution in [0.4, 0.5) is 11.8 Å². The molecule has 0 radical (unpaired) electrons. The lowest BCUT2D eigenvalue weighted by molar-refractivity contribution is 0.0922. The molecule has 170 valence electrons. The predicted octanol–water partition coefficient (Wildman–Crippen LogP) is 4.65. The van der Waals surface area contributed by atoms with E-state index < -0.39 is 0 Å². The van der Waals surface area contributed by atoms with E-state index in [1.165, 1.54) is 16.9 Å². The number of para-hydroxylation sites is 1. The van der Waals surface area contributed by atoms with E-state index in [1.54, 1.807) is 0 Å². The summed E-state index contributed by atoms with van der Waals surface area (Å²) in [6.45, 7) is 0. The number of anilines is 2. The van der Waals surface area contributed by atoms with Crippen molar-refractivity contribution >= 4 is 45.5 Å². The molecular weight excluding hydrogens is 432 g/mol. The Bertz CT molecular complexity index is 1220. The maximum absolute atomic E-state index is 12.7. The van der Waals surface area contributed by atoms with Crippen LogP contribution in [0.1, 0.15) is 47.6 Å². The minimum Gasteiger partial charge on any atom is -0.362 e. The van der Waals surface area contributed by atoms with Crippen molar-refractivity contribution in [3.63, 3.8) is 0 Å². The number of nitrogens with one attached hydrogen (secondary N) is 2. The van der Waals surface area contributed by atoms with Crippen LogP contribution in [-0.4, -0.2) is 47.0 Å². The highest BCUT2D eigenvalue weighted by Crippen LogP contribution is 2.28. The quantitative estimate of drug-likeness (QED) is 0.557. The number of carbonyl (C=O) groups is 1. The van der Waals surface area contributed by atoms with Crippen LogP contribution in [0, 0.1) is 0 Å². The molecule has 1 fully saturated rings. The first-order valence-electron chi connectivity index (χ1n) is 11.4. The van der Waals surface area contributed by atoms with Crippen LogP contribution in [0.3, 0.4) is 0 Å². The van der Waals surface area contributed by atoms with Crippen LogP contribution in [0.5, 0.6) is 0 Å². The highest BCUT2D eigenvalue weighted by atomic mass is 32.1. The van der Waals surface area contributed by atoms with E-state index in [-0.39, 0.29) is 11.9 Å². The zero-order valence-corrected chi connectivity index (χ0v) is 19.7. The number of benzene rings is 1. The van der Waals surface area contributed by atoms with Crippen LogP contribution in [0.15, 0.2) is 47.9 Å². The minimum absolute atomic E-state index is 0.0750. The smallest absolute Gasteiger partial charge is 0.270 e. The van der Waals surface area contributed by atoms with E-state index in [1.807, 2.05) is 48.7 Å². The van der Waals surface area contributed by atoms with Gasteiger partial charge in [-0.15, -0.1) is 11.3 Å². The van der Waals surface area contributed by atoms with E-state index in [0.29, 0.717) is 17.7 Å². The topological polar surface area (TPSA) is 83.0 Å². The van der Waals surface area contributed by atoms with Crippen molar-refractivity contribution in [1.82, 2.24) is 20.3 Å². The summed E-state index contributed by atoms with van der Waals surface area (Å²) in [6, 6.07) is 8.54. The maximum atomic E-state index is 12.7. The average Bonchev–Trinajstić information content (AvgIpc) is 3.52. The summed E-state index contributed by atoms with van der Waals surface area (Å²) >= 11 is 1.54. The first kappa shape index (κ1) is 21.6. The summed E-state index contributed by atoms with van der Waals surface area (Å²) in [4.78, 5) is 28.7. The molecule has 1 aromatic carbocycles. The van der Waals surface area contributed by atoms with Crippen molar-refractivity contribution in [2.24, 2.45) is 0 Å². The zero-order chi connectivity index (χ0) is 22.8. The van der Waals surface area contributed by atoms with Crippen LogP contribution < -0.4 is 15.5 Å². The van der Waals surface area contributed by atoms with Crippen molar-refractivity contribution in [3.05, 3.63) is 58.6 Å². The summed E-state index contributed by atoms with van der Waals surface area (Å²) in [6.07, 6.45) is 10.9. The van der Waals surface area contributed by atoms with Crippen LogP contribution in [0.25, 0.3) is 16.5 Å². The van der Waals surface area contributed by atoms with Crippen LogP contribution in [-0.2, 0) is 0 Å². The van der Waals surface area contributed by atoms with Gasteiger partial charge >= 0.3 is 0 Å². The Kier molecular flexibility index (Phi) is 6.09. The third-order valence-electron chi connectivity index (χ3n) is 6.19. The fraction of sp³-hybridized carbons (Fsp3) is 0.360. The van der Waals surface area contributed by atoms with E-state index in [2.05, 4.69) is 33.8 Å². The molecule has 0 unspecified atom stereocenters. The lowest BCUT2D eigenvalue weighted by atomic mass is 9.91. The first-order valence-corrected chi connectivity index (χ1v) is 12.3. The van der Waals surface area contributed by atoms with E-state index in [4.69, 9.17) is 9.97 Å². The van der Waals surface area contributed by atoms with Gasteiger partial charge in [0.1, 0.15) is 16.5 Å². The van der Waals surface area contributed by atoms with Gasteiger partial charge in [0.05, 0.1) is 5.52 Å². The normalized spacial score (nSPS) is 20.0. The number of fused-ring (bicyclic) bond motifs is 1. The number of nitrogens with zero attached hydrogens (tertiary/aromatic N) is 4. The molecule has 2 N–H and O–H groups in total. The van der Waals surface area contributed by atoms with Crippen molar-refractivity contribution < 1.29 is 4.79 Å². The SMILES string of the molecule is CN(C)c1nc(NC2CCC(NC(=O)c3csc(C4=CC=CC4)n3)CC2)nc2ccccc12. The predicted molar refractivity (Wildman–Crippen MR) is 135 cm³/mol. The second-order valence-corrected chi connectivity index (χ2v) is 9.67. The van der Waals surface area contributed by atoms with Crippen molar-refractivity contribution in [1.29, 1.82) is 0 Å². The fourth-order valence-electron chi connectivity index (χ4n) is 4.42. The number of hydrogen-bond donors (Lipinski definition) is 2. The number of thiazole rings is 1. The monoisotopic (exact) mass is 460 g/mol. The molecule has 0 atom stereocenters. The highest BCUT2D eigenvalue weighted by Gasteiger charge is 2.24. The van der Waals surface area contributed by atoms with Gasteiger partial charge in [-0.1, -0.05) is 30.4 Å². The van der Waals surface area contributed by atoms with E-state index >= 15 is 0 Å². The Hall–Kier alpha value is -3.26. The Morgan fingerprint density at radius 1 is 1.06 bits per heavy atom. The third-order valence-corrected chi connectivity index (χ3v) is 7.10. The van der Waals surface area contributed by atoms with Crippen molar-refractivity contribution in [2.75, 3.05) is 24.3 Å². The molecule has 2 heterocycles. The molecule has 0 aliphatic heterocycles. The fourth-order valence-corrected chi connectivity index (χ4v) is 5.26. The van der Waals surface area contributed by atoms with Crippen LogP contribution in [0.2, 0.25) is 0 Å². The second-order valence-electron chi connectivity index (χ2n) is 8.81. The van der Waals surface area contributed by atoms with Gasteiger partial charge < -0.3 is 15.5 Å². The zero-order valence-electron chi connectivity index (χ0n) is 18.9. The number of hydrogen-bond acceptors (Lipinski definition) is 7. The van der Waals surface area contributed by atoms with Gasteiger partial charge in [0.2, 0.25) is 5.95 Å². The van der Waals surface area contributed by atoms with Gasteiger partial charge in [0, 0.05) is 36.9 Å². The van der Waals surface area contributed by atoms with E-state index in [0.717, 1.165) is 53.8 Å². The van der Waals surface area contributed by atoms with Gasteiger partial charge in [-0.25, -0.2) is 9.97 Å². The lowest BCUT2D eigenvalue weighted by Gasteiger charge is -2.29. The Morgan fingerprint density at radius 3 is 2.61 bits per heavy atom. The molecule has 2 aromatic heterocycles. The number of amides is 1. The van der Waals surface area contributed by atoms with Gasteiger partial charge in [-0.2, -0.15) is 4.98 Å². The lowest BCUT2D eigenvalue weighted by Crippen LogP contribution is -2.40. The number of carbonyl (C=O) groups excluding carboxylic acids is 1. The summed E-state index contributed by atoms with van der Waals surface area (Å²) in [7, 11) is 4.00. The first-order chi connectivity index (χ1) is 16.1. The standard InChI is InChI=1S/C25H28N6OS/c1-31(2)22-19-9-5-6-10-20(19)29-25(30-22)27-18-13-11-17(12-14-18)26-23(32)21-15-33-24(28-21)16-7-3-4-8-16/h3-7,9-10,15,17-18H,8,11-14H2,1-2H3,(H,26,32)(H,27,29,30). The molecular formula is C25H28N6OS.